The number of halogens is 2. The summed E-state index contributed by atoms with van der Waals surface area (Å²) in [6.07, 6.45) is 1.81. The van der Waals surface area contributed by atoms with Crippen LogP contribution < -0.4 is 5.32 Å². The number of amidine groups is 1. The van der Waals surface area contributed by atoms with Crippen molar-refractivity contribution in [3.8, 4) is 0 Å². The van der Waals surface area contributed by atoms with Gasteiger partial charge in [0, 0.05) is 0 Å². The van der Waals surface area contributed by atoms with Crippen LogP contribution in [0.5, 0.6) is 0 Å². The number of rotatable bonds is 2. The molecule has 0 unspecified atom stereocenters. The number of nitrogens with zero attached hydrogens (tertiary/aromatic N) is 2. The van der Waals surface area contributed by atoms with Crippen LogP contribution in [0.2, 0.25) is 10.0 Å². The Morgan fingerprint density at radius 1 is 1.19 bits per heavy atom. The second-order valence-corrected chi connectivity index (χ2v) is 7.50. The molecule has 8 heteroatoms. The number of nitrogens with one attached hydrogen (secondary N) is 2. The topological polar surface area (TPSA) is 70.1 Å². The fourth-order valence-corrected chi connectivity index (χ4v) is 3.88. The van der Waals surface area contributed by atoms with Crippen molar-refractivity contribution in [2.75, 3.05) is 0 Å². The molecule has 5 nitrogen and oxygen atoms in total. The van der Waals surface area contributed by atoms with Crippen LogP contribution in [0.15, 0.2) is 46.3 Å². The zero-order valence-corrected chi connectivity index (χ0v) is 15.8. The number of fused-ring (bicyclic) bond motifs is 1. The van der Waals surface area contributed by atoms with E-state index < -0.39 is 0 Å². The highest BCUT2D eigenvalue weighted by molar-refractivity contribution is 8.18. The van der Waals surface area contributed by atoms with Gasteiger partial charge in [0.25, 0.3) is 5.91 Å². The molecule has 130 valence electrons. The fraction of sp³-hybridized carbons (Fsp3) is 0.0556. The van der Waals surface area contributed by atoms with Gasteiger partial charge in [0.1, 0.15) is 11.5 Å². The number of carbonyl (C=O) groups is 1. The van der Waals surface area contributed by atoms with Gasteiger partial charge in [-0.05, 0) is 54.6 Å². The average molecular weight is 403 g/mol. The second-order valence-electron chi connectivity index (χ2n) is 5.65. The molecule has 1 aliphatic heterocycles. The molecule has 2 heterocycles. The van der Waals surface area contributed by atoms with Gasteiger partial charge in [0.15, 0.2) is 5.17 Å². The summed E-state index contributed by atoms with van der Waals surface area (Å²) in [5.74, 6) is 0.638. The zero-order valence-electron chi connectivity index (χ0n) is 13.5. The van der Waals surface area contributed by atoms with E-state index >= 15 is 0 Å². The number of amides is 1. The number of H-pyrrole nitrogens is 1. The van der Waals surface area contributed by atoms with Crippen molar-refractivity contribution in [2.45, 2.75) is 6.92 Å². The molecular formula is C18H12Cl2N4OS. The van der Waals surface area contributed by atoms with E-state index in [0.717, 1.165) is 22.4 Å². The Morgan fingerprint density at radius 3 is 2.73 bits per heavy atom. The molecule has 0 saturated carbocycles. The number of aromatic nitrogens is 2. The van der Waals surface area contributed by atoms with Crippen LogP contribution in [0.3, 0.4) is 0 Å². The van der Waals surface area contributed by atoms with Gasteiger partial charge in [0.05, 0.1) is 26.0 Å². The average Bonchev–Trinajstić information content (AvgIpc) is 3.12. The van der Waals surface area contributed by atoms with Crippen LogP contribution in [0.1, 0.15) is 11.4 Å². The number of hydrogen-bond acceptors (Lipinski definition) is 4. The van der Waals surface area contributed by atoms with E-state index in [1.165, 1.54) is 11.8 Å². The Bertz CT molecular complexity index is 1080. The molecule has 0 bridgehead atoms. The third-order valence-corrected chi connectivity index (χ3v) is 5.24. The van der Waals surface area contributed by atoms with Crippen molar-refractivity contribution in [1.82, 2.24) is 15.3 Å². The lowest BCUT2D eigenvalue weighted by Gasteiger charge is -2.01. The normalized spacial score (nSPS) is 17.4. The third-order valence-electron chi connectivity index (χ3n) is 3.73. The maximum absolute atomic E-state index is 12.2. The molecule has 1 amide bonds. The summed E-state index contributed by atoms with van der Waals surface area (Å²) in [7, 11) is 0. The Balaban J connectivity index is 1.64. The van der Waals surface area contributed by atoms with Gasteiger partial charge in [-0.3, -0.25) is 4.79 Å². The van der Waals surface area contributed by atoms with Crippen molar-refractivity contribution in [3.05, 3.63) is 62.7 Å². The summed E-state index contributed by atoms with van der Waals surface area (Å²) in [5.41, 5.74) is 3.15. The highest BCUT2D eigenvalue weighted by Gasteiger charge is 2.24. The monoisotopic (exact) mass is 402 g/mol. The summed E-state index contributed by atoms with van der Waals surface area (Å²) < 4.78 is 0. The lowest BCUT2D eigenvalue weighted by molar-refractivity contribution is -0.115. The van der Waals surface area contributed by atoms with Crippen LogP contribution >= 0.6 is 35.0 Å². The van der Waals surface area contributed by atoms with Crippen LogP contribution in [0, 0.1) is 6.92 Å². The minimum absolute atomic E-state index is 0.213. The predicted octanol–water partition coefficient (Wildman–Crippen LogP) is 5.07. The molecule has 3 aromatic rings. The molecule has 4 rings (SSSR count). The number of hydrogen-bond donors (Lipinski definition) is 2. The van der Waals surface area contributed by atoms with Crippen molar-refractivity contribution < 1.29 is 4.79 Å². The van der Waals surface area contributed by atoms with Crippen LogP contribution in [0.4, 0.5) is 5.69 Å². The van der Waals surface area contributed by atoms with Crippen LogP contribution in [-0.2, 0) is 4.79 Å². The van der Waals surface area contributed by atoms with Gasteiger partial charge in [0.2, 0.25) is 0 Å². The van der Waals surface area contributed by atoms with E-state index in [1.807, 2.05) is 25.1 Å². The van der Waals surface area contributed by atoms with Crippen LogP contribution in [-0.4, -0.2) is 21.0 Å². The molecule has 0 radical (unpaired) electrons. The van der Waals surface area contributed by atoms with E-state index in [0.29, 0.717) is 25.8 Å². The number of imidazole rings is 1. The van der Waals surface area contributed by atoms with Crippen molar-refractivity contribution in [3.63, 3.8) is 0 Å². The van der Waals surface area contributed by atoms with E-state index in [4.69, 9.17) is 23.2 Å². The first-order valence-corrected chi connectivity index (χ1v) is 9.27. The number of benzene rings is 2. The minimum atomic E-state index is -0.213. The predicted molar refractivity (Wildman–Crippen MR) is 108 cm³/mol. The standard InChI is InChI=1S/C18H12Cl2N4OS/c1-9-21-13-6-5-10(7-14(13)22-9)8-15-17(25)24-18(26-15)23-16-11(19)3-2-4-12(16)20/h2-8H,1H3,(H,21,22)(H,23,24,25)/b15-8-. The number of aromatic amines is 1. The number of aryl methyl sites for hydroxylation is 1. The molecule has 1 fully saturated rings. The Morgan fingerprint density at radius 2 is 1.96 bits per heavy atom. The molecule has 2 aromatic carbocycles. The van der Waals surface area contributed by atoms with E-state index in [2.05, 4.69) is 20.3 Å². The molecule has 0 aliphatic carbocycles. The highest BCUT2D eigenvalue weighted by Crippen LogP contribution is 2.35. The molecule has 26 heavy (non-hydrogen) atoms. The summed E-state index contributed by atoms with van der Waals surface area (Å²) in [6, 6.07) is 10.9. The van der Waals surface area contributed by atoms with Gasteiger partial charge in [-0.2, -0.15) is 0 Å². The Hall–Kier alpha value is -2.28. The number of para-hydroxylation sites is 1. The number of thioether (sulfide) groups is 1. The summed E-state index contributed by atoms with van der Waals surface area (Å²) in [6.45, 7) is 1.90. The van der Waals surface area contributed by atoms with Gasteiger partial charge in [-0.15, -0.1) is 0 Å². The van der Waals surface area contributed by atoms with Gasteiger partial charge in [-0.1, -0.05) is 35.3 Å². The zero-order chi connectivity index (χ0) is 18.3. The first-order chi connectivity index (χ1) is 12.5. The smallest absolute Gasteiger partial charge is 0.264 e. The first kappa shape index (κ1) is 17.1. The Labute approximate surface area is 163 Å². The van der Waals surface area contributed by atoms with E-state index in [-0.39, 0.29) is 5.91 Å². The maximum atomic E-state index is 12.2. The highest BCUT2D eigenvalue weighted by atomic mass is 35.5. The number of carbonyl (C=O) groups excluding carboxylic acids is 1. The SMILES string of the molecule is Cc1nc2cc(/C=C3\S/C(=N\c4c(Cl)cccc4Cl)NC3=O)ccc2[nH]1. The minimum Gasteiger partial charge on any atom is -0.342 e. The van der Waals surface area contributed by atoms with Gasteiger partial charge < -0.3 is 10.3 Å². The molecule has 1 aliphatic rings. The second kappa shape index (κ2) is 6.79. The van der Waals surface area contributed by atoms with E-state index in [9.17, 15) is 4.79 Å². The summed E-state index contributed by atoms with van der Waals surface area (Å²) in [5, 5.41) is 4.03. The molecular weight excluding hydrogens is 391 g/mol. The molecule has 1 aromatic heterocycles. The van der Waals surface area contributed by atoms with Gasteiger partial charge in [-0.25, -0.2) is 9.98 Å². The lowest BCUT2D eigenvalue weighted by Crippen LogP contribution is -2.19. The lowest BCUT2D eigenvalue weighted by atomic mass is 10.2. The largest absolute Gasteiger partial charge is 0.342 e. The molecule has 2 N–H and O–H groups in total. The maximum Gasteiger partial charge on any atom is 0.264 e. The third kappa shape index (κ3) is 3.35. The van der Waals surface area contributed by atoms with Crippen LogP contribution in [0.25, 0.3) is 17.1 Å². The molecule has 0 spiro atoms. The van der Waals surface area contributed by atoms with Crippen molar-refractivity contribution >= 4 is 68.8 Å². The summed E-state index contributed by atoms with van der Waals surface area (Å²) >= 11 is 13.5. The molecule has 0 atom stereocenters. The molecule has 1 saturated heterocycles. The van der Waals surface area contributed by atoms with Gasteiger partial charge >= 0.3 is 0 Å². The quantitative estimate of drug-likeness (QED) is 0.587. The van der Waals surface area contributed by atoms with Crippen molar-refractivity contribution in [1.29, 1.82) is 0 Å². The van der Waals surface area contributed by atoms with Crippen molar-refractivity contribution in [2.24, 2.45) is 4.99 Å². The Kier molecular flexibility index (Phi) is 4.48. The number of aliphatic imine (C=N–C) groups is 1. The first-order valence-electron chi connectivity index (χ1n) is 7.69. The van der Waals surface area contributed by atoms with E-state index in [1.54, 1.807) is 24.3 Å². The fourth-order valence-electron chi connectivity index (χ4n) is 2.57. The summed E-state index contributed by atoms with van der Waals surface area (Å²) in [4.78, 5) is 24.8.